The molecule has 4 heteroatoms. The van der Waals surface area contributed by atoms with E-state index in [1.165, 1.54) is 24.8 Å². The van der Waals surface area contributed by atoms with E-state index in [1.54, 1.807) is 6.33 Å². The molecule has 0 aromatic carbocycles. The summed E-state index contributed by atoms with van der Waals surface area (Å²) in [5.74, 6) is 2.14. The van der Waals surface area contributed by atoms with Gasteiger partial charge in [0.2, 0.25) is 0 Å². The summed E-state index contributed by atoms with van der Waals surface area (Å²) in [5.41, 5.74) is 1.77. The van der Waals surface area contributed by atoms with Crippen LogP contribution in [0.3, 0.4) is 0 Å². The average Bonchev–Trinajstić information content (AvgIpc) is 2.48. The Morgan fingerprint density at radius 1 is 1.20 bits per heavy atom. The van der Waals surface area contributed by atoms with Crippen molar-refractivity contribution >= 4 is 11.6 Å². The zero-order valence-electron chi connectivity index (χ0n) is 13.4. The van der Waals surface area contributed by atoms with Crippen molar-refractivity contribution in [2.75, 3.05) is 29.9 Å². The largest absolute Gasteiger partial charge is 0.370 e. The van der Waals surface area contributed by atoms with Crippen LogP contribution in [-0.2, 0) is 6.42 Å². The highest BCUT2D eigenvalue weighted by molar-refractivity contribution is 5.59. The number of rotatable bonds is 5. The number of aromatic nitrogens is 2. The smallest absolute Gasteiger partial charge is 0.137 e. The van der Waals surface area contributed by atoms with E-state index in [-0.39, 0.29) is 0 Å². The van der Waals surface area contributed by atoms with E-state index >= 15 is 0 Å². The van der Waals surface area contributed by atoms with Crippen LogP contribution >= 0.6 is 0 Å². The molecule has 0 atom stereocenters. The van der Waals surface area contributed by atoms with Gasteiger partial charge in [0.1, 0.15) is 18.0 Å². The lowest BCUT2D eigenvalue weighted by Gasteiger charge is -2.40. The van der Waals surface area contributed by atoms with E-state index in [9.17, 15) is 0 Å². The number of hydrogen-bond donors (Lipinski definition) is 1. The standard InChI is InChI=1S/C16H28N4/c1-5-13-14(17-7-3)18-12-19-15(13)20-10-8-16(4,6-2)9-11-20/h12H,5-11H2,1-4H3,(H,17,18,19). The molecule has 1 aliphatic heterocycles. The van der Waals surface area contributed by atoms with Crippen LogP contribution in [0.25, 0.3) is 0 Å². The molecule has 1 fully saturated rings. The molecule has 0 bridgehead atoms. The molecular formula is C16H28N4. The van der Waals surface area contributed by atoms with Gasteiger partial charge < -0.3 is 10.2 Å². The summed E-state index contributed by atoms with van der Waals surface area (Å²) in [6, 6.07) is 0. The molecule has 0 aliphatic carbocycles. The average molecular weight is 276 g/mol. The first kappa shape index (κ1) is 15.1. The zero-order valence-corrected chi connectivity index (χ0v) is 13.4. The molecule has 0 amide bonds. The van der Waals surface area contributed by atoms with Crippen molar-refractivity contribution in [3.05, 3.63) is 11.9 Å². The lowest BCUT2D eigenvalue weighted by molar-refractivity contribution is 0.237. The Bertz CT molecular complexity index is 436. The second-order valence-electron chi connectivity index (χ2n) is 6.06. The van der Waals surface area contributed by atoms with Gasteiger partial charge in [-0.25, -0.2) is 9.97 Å². The molecule has 112 valence electrons. The summed E-state index contributed by atoms with van der Waals surface area (Å²) in [4.78, 5) is 11.4. The van der Waals surface area contributed by atoms with Gasteiger partial charge in [0.15, 0.2) is 0 Å². The predicted octanol–water partition coefficient (Wildman–Crippen LogP) is 3.49. The molecule has 1 saturated heterocycles. The van der Waals surface area contributed by atoms with E-state index in [0.717, 1.165) is 37.7 Å². The minimum absolute atomic E-state index is 0.514. The first-order valence-corrected chi connectivity index (χ1v) is 7.96. The topological polar surface area (TPSA) is 41.1 Å². The van der Waals surface area contributed by atoms with E-state index in [4.69, 9.17) is 0 Å². The van der Waals surface area contributed by atoms with E-state index in [2.05, 4.69) is 47.9 Å². The van der Waals surface area contributed by atoms with Gasteiger partial charge in [0.05, 0.1) is 0 Å². The Morgan fingerprint density at radius 3 is 2.45 bits per heavy atom. The third-order valence-electron chi connectivity index (χ3n) is 4.74. The fourth-order valence-corrected chi connectivity index (χ4v) is 2.93. The number of hydrogen-bond acceptors (Lipinski definition) is 4. The second-order valence-corrected chi connectivity index (χ2v) is 6.06. The van der Waals surface area contributed by atoms with E-state index < -0.39 is 0 Å². The Labute approximate surface area is 123 Å². The Kier molecular flexibility index (Phi) is 4.84. The van der Waals surface area contributed by atoms with Crippen molar-refractivity contribution in [3.8, 4) is 0 Å². The normalized spacial score (nSPS) is 18.1. The van der Waals surface area contributed by atoms with Crippen LogP contribution in [0.1, 0.15) is 52.5 Å². The third kappa shape index (κ3) is 3.05. The molecule has 4 nitrogen and oxygen atoms in total. The van der Waals surface area contributed by atoms with Gasteiger partial charge >= 0.3 is 0 Å². The van der Waals surface area contributed by atoms with Crippen LogP contribution in [0, 0.1) is 5.41 Å². The molecular weight excluding hydrogens is 248 g/mol. The van der Waals surface area contributed by atoms with Crippen molar-refractivity contribution in [2.45, 2.75) is 53.4 Å². The molecule has 0 saturated carbocycles. The highest BCUT2D eigenvalue weighted by Gasteiger charge is 2.29. The van der Waals surface area contributed by atoms with Crippen molar-refractivity contribution in [2.24, 2.45) is 5.41 Å². The number of anilines is 2. The fraction of sp³-hybridized carbons (Fsp3) is 0.750. The summed E-state index contributed by atoms with van der Waals surface area (Å²) in [5, 5.41) is 3.36. The molecule has 20 heavy (non-hydrogen) atoms. The summed E-state index contributed by atoms with van der Waals surface area (Å²) in [7, 11) is 0. The lowest BCUT2D eigenvalue weighted by atomic mass is 9.78. The summed E-state index contributed by atoms with van der Waals surface area (Å²) >= 11 is 0. The Hall–Kier alpha value is -1.32. The Balaban J connectivity index is 2.19. The molecule has 1 aromatic rings. The van der Waals surface area contributed by atoms with Crippen molar-refractivity contribution in [3.63, 3.8) is 0 Å². The molecule has 2 heterocycles. The first-order valence-electron chi connectivity index (χ1n) is 7.96. The third-order valence-corrected chi connectivity index (χ3v) is 4.74. The summed E-state index contributed by atoms with van der Waals surface area (Å²) in [6.07, 6.45) is 6.45. The highest BCUT2D eigenvalue weighted by atomic mass is 15.2. The van der Waals surface area contributed by atoms with Gasteiger partial charge in [-0.05, 0) is 31.6 Å². The van der Waals surface area contributed by atoms with Crippen molar-refractivity contribution < 1.29 is 0 Å². The summed E-state index contributed by atoms with van der Waals surface area (Å²) in [6.45, 7) is 12.1. The second kappa shape index (κ2) is 6.42. The van der Waals surface area contributed by atoms with Crippen LogP contribution in [0.15, 0.2) is 6.33 Å². The number of nitrogens with zero attached hydrogens (tertiary/aromatic N) is 3. The van der Waals surface area contributed by atoms with Crippen LogP contribution in [0.2, 0.25) is 0 Å². The maximum Gasteiger partial charge on any atom is 0.137 e. The van der Waals surface area contributed by atoms with Crippen LogP contribution in [-0.4, -0.2) is 29.6 Å². The van der Waals surface area contributed by atoms with Crippen LogP contribution < -0.4 is 10.2 Å². The van der Waals surface area contributed by atoms with Crippen molar-refractivity contribution in [1.82, 2.24) is 9.97 Å². The minimum Gasteiger partial charge on any atom is -0.370 e. The van der Waals surface area contributed by atoms with E-state index in [0.29, 0.717) is 5.41 Å². The minimum atomic E-state index is 0.514. The van der Waals surface area contributed by atoms with Gasteiger partial charge in [-0.15, -0.1) is 0 Å². The Morgan fingerprint density at radius 2 is 1.90 bits per heavy atom. The molecule has 1 aromatic heterocycles. The lowest BCUT2D eigenvalue weighted by Crippen LogP contribution is -2.39. The van der Waals surface area contributed by atoms with Gasteiger partial charge in [0, 0.05) is 25.2 Å². The van der Waals surface area contributed by atoms with Crippen LogP contribution in [0.4, 0.5) is 11.6 Å². The molecule has 1 N–H and O–H groups in total. The number of piperidine rings is 1. The molecule has 1 aliphatic rings. The molecule has 0 radical (unpaired) electrons. The highest BCUT2D eigenvalue weighted by Crippen LogP contribution is 2.36. The van der Waals surface area contributed by atoms with Gasteiger partial charge in [-0.3, -0.25) is 0 Å². The maximum atomic E-state index is 4.56. The SMILES string of the molecule is CCNc1ncnc(N2CCC(C)(CC)CC2)c1CC. The van der Waals surface area contributed by atoms with Crippen LogP contribution in [0.5, 0.6) is 0 Å². The van der Waals surface area contributed by atoms with Gasteiger partial charge in [-0.2, -0.15) is 0 Å². The molecule has 0 unspecified atom stereocenters. The quantitative estimate of drug-likeness (QED) is 0.894. The van der Waals surface area contributed by atoms with Crippen molar-refractivity contribution in [1.29, 1.82) is 0 Å². The maximum absolute atomic E-state index is 4.56. The predicted molar refractivity (Wildman–Crippen MR) is 85.4 cm³/mol. The first-order chi connectivity index (χ1) is 9.63. The van der Waals surface area contributed by atoms with Gasteiger partial charge in [-0.1, -0.05) is 27.2 Å². The summed E-state index contributed by atoms with van der Waals surface area (Å²) < 4.78 is 0. The molecule has 0 spiro atoms. The van der Waals surface area contributed by atoms with E-state index in [1.807, 2.05) is 0 Å². The number of nitrogens with one attached hydrogen (secondary N) is 1. The van der Waals surface area contributed by atoms with Gasteiger partial charge in [0.25, 0.3) is 0 Å². The zero-order chi connectivity index (χ0) is 14.6. The fourth-order valence-electron chi connectivity index (χ4n) is 2.93. The molecule has 2 rings (SSSR count). The monoisotopic (exact) mass is 276 g/mol.